The second kappa shape index (κ2) is 1.48. The lowest BCUT2D eigenvalue weighted by Crippen LogP contribution is -2.28. The van der Waals surface area contributed by atoms with E-state index < -0.39 is 0 Å². The van der Waals surface area contributed by atoms with Crippen LogP contribution in [0.15, 0.2) is 0 Å². The number of carbonyl (C=O) groups excluding carboxylic acids is 1. The fourth-order valence-corrected chi connectivity index (χ4v) is 0.339. The normalized spacial score (nSPS) is 21.3. The predicted octanol–water partition coefficient (Wildman–Crippen LogP) is -1.11. The van der Waals surface area contributed by atoms with Crippen LogP contribution in [0.4, 0.5) is 0 Å². The van der Waals surface area contributed by atoms with E-state index in [1.807, 2.05) is 0 Å². The Labute approximate surface area is 41.0 Å². The third kappa shape index (κ3) is 0.703. The molecule has 0 spiro atoms. The molecule has 1 rings (SSSR count). The molecule has 0 aliphatic carbocycles. The maximum absolute atomic E-state index is 10.3. The highest BCUT2D eigenvalue weighted by molar-refractivity contribution is 5.77. The Hall–Kier alpha value is -0.610. The van der Waals surface area contributed by atoms with Crippen LogP contribution >= 0.6 is 0 Å². The lowest BCUT2D eigenvalue weighted by Gasteiger charge is -2.01. The minimum Gasteiger partial charge on any atom is -0.272 e. The molecule has 1 amide bonds. The van der Waals surface area contributed by atoms with Crippen LogP contribution in [0.25, 0.3) is 0 Å². The molecular formula is C3H6N2O2. The first-order valence-corrected chi connectivity index (χ1v) is 1.94. The van der Waals surface area contributed by atoms with Crippen molar-refractivity contribution in [3.05, 3.63) is 0 Å². The summed E-state index contributed by atoms with van der Waals surface area (Å²) in [5.74, 6) is -0.0417. The van der Waals surface area contributed by atoms with Gasteiger partial charge in [0, 0.05) is 7.05 Å². The number of nitrogens with zero attached hydrogens (tertiary/aromatic N) is 1. The molecule has 0 aromatic heterocycles. The van der Waals surface area contributed by atoms with Crippen LogP contribution in [0.2, 0.25) is 0 Å². The van der Waals surface area contributed by atoms with Gasteiger partial charge < -0.3 is 0 Å². The number of hydrogen-bond acceptors (Lipinski definition) is 3. The number of carbonyl (C=O) groups is 1. The van der Waals surface area contributed by atoms with Crippen LogP contribution in [-0.4, -0.2) is 24.6 Å². The van der Waals surface area contributed by atoms with Gasteiger partial charge in [-0.05, 0) is 0 Å². The fraction of sp³-hybridized carbons (Fsp3) is 0.667. The van der Waals surface area contributed by atoms with E-state index in [-0.39, 0.29) is 12.5 Å². The number of hydrazine groups is 1. The van der Waals surface area contributed by atoms with E-state index in [2.05, 4.69) is 10.4 Å². The molecule has 4 heteroatoms. The zero-order valence-electron chi connectivity index (χ0n) is 3.97. The van der Waals surface area contributed by atoms with E-state index in [1.165, 1.54) is 5.01 Å². The highest BCUT2D eigenvalue weighted by atomic mass is 16.7. The molecular weight excluding hydrogens is 96.0 g/mol. The second-order valence-electron chi connectivity index (χ2n) is 1.33. The Balaban J connectivity index is 2.48. The first-order valence-electron chi connectivity index (χ1n) is 1.94. The standard InChI is InChI=1S/C3H6N2O2/c1-5-3(6)2-7-4-5/h4H,2H2,1H3. The van der Waals surface area contributed by atoms with Gasteiger partial charge >= 0.3 is 0 Å². The molecule has 1 fully saturated rings. The van der Waals surface area contributed by atoms with Crippen LogP contribution in [0.1, 0.15) is 0 Å². The highest BCUT2D eigenvalue weighted by Crippen LogP contribution is 1.87. The Morgan fingerprint density at radius 2 is 2.71 bits per heavy atom. The highest BCUT2D eigenvalue weighted by Gasteiger charge is 2.14. The Bertz CT molecular complexity index is 92.9. The first-order chi connectivity index (χ1) is 3.30. The summed E-state index contributed by atoms with van der Waals surface area (Å²) in [6.45, 7) is 0.149. The van der Waals surface area contributed by atoms with E-state index in [9.17, 15) is 4.79 Å². The monoisotopic (exact) mass is 102 g/mol. The van der Waals surface area contributed by atoms with E-state index in [1.54, 1.807) is 7.05 Å². The van der Waals surface area contributed by atoms with Crippen molar-refractivity contribution in [3.63, 3.8) is 0 Å². The van der Waals surface area contributed by atoms with Crippen molar-refractivity contribution in [1.82, 2.24) is 10.6 Å². The van der Waals surface area contributed by atoms with Gasteiger partial charge in [0.05, 0.1) is 0 Å². The van der Waals surface area contributed by atoms with E-state index in [0.29, 0.717) is 0 Å². The summed E-state index contributed by atoms with van der Waals surface area (Å²) in [6.07, 6.45) is 0. The molecule has 0 atom stereocenters. The lowest BCUT2D eigenvalue weighted by atomic mass is 10.7. The number of amides is 1. The third-order valence-electron chi connectivity index (χ3n) is 0.771. The van der Waals surface area contributed by atoms with Crippen molar-refractivity contribution in [2.75, 3.05) is 13.7 Å². The Morgan fingerprint density at radius 3 is 2.86 bits per heavy atom. The van der Waals surface area contributed by atoms with Crippen LogP contribution in [0.5, 0.6) is 0 Å². The van der Waals surface area contributed by atoms with Gasteiger partial charge in [0.15, 0.2) is 6.61 Å². The third-order valence-corrected chi connectivity index (χ3v) is 0.771. The van der Waals surface area contributed by atoms with Gasteiger partial charge in [-0.2, -0.15) is 0 Å². The lowest BCUT2D eigenvalue weighted by molar-refractivity contribution is -0.127. The largest absolute Gasteiger partial charge is 0.272 e. The topological polar surface area (TPSA) is 41.6 Å². The molecule has 1 aliphatic rings. The van der Waals surface area contributed by atoms with Gasteiger partial charge in [-0.25, -0.2) is 0 Å². The molecule has 1 saturated heterocycles. The summed E-state index contributed by atoms with van der Waals surface area (Å²) >= 11 is 0. The summed E-state index contributed by atoms with van der Waals surface area (Å²) in [4.78, 5) is 14.8. The van der Waals surface area contributed by atoms with Gasteiger partial charge in [-0.3, -0.25) is 14.6 Å². The minimum absolute atomic E-state index is 0.0417. The zero-order chi connectivity index (χ0) is 5.28. The van der Waals surface area contributed by atoms with Gasteiger partial charge in [0.2, 0.25) is 0 Å². The Kier molecular flexibility index (Phi) is 0.958. The molecule has 0 radical (unpaired) electrons. The molecule has 7 heavy (non-hydrogen) atoms. The van der Waals surface area contributed by atoms with E-state index in [0.717, 1.165) is 0 Å². The second-order valence-corrected chi connectivity index (χ2v) is 1.33. The summed E-state index contributed by atoms with van der Waals surface area (Å²) in [5, 5.41) is 1.29. The van der Waals surface area contributed by atoms with Crippen molar-refractivity contribution in [3.8, 4) is 0 Å². The molecule has 0 bridgehead atoms. The summed E-state index contributed by atoms with van der Waals surface area (Å²) < 4.78 is 0. The van der Waals surface area contributed by atoms with Gasteiger partial charge in [-0.15, -0.1) is 5.59 Å². The number of nitrogens with one attached hydrogen (secondary N) is 1. The van der Waals surface area contributed by atoms with Crippen LogP contribution < -0.4 is 5.59 Å². The number of rotatable bonds is 0. The van der Waals surface area contributed by atoms with Crippen LogP contribution in [-0.2, 0) is 9.63 Å². The maximum Gasteiger partial charge on any atom is 0.266 e. The summed E-state index contributed by atoms with van der Waals surface area (Å²) in [6, 6.07) is 0. The SMILES string of the molecule is CN1NOCC1=O. The van der Waals surface area contributed by atoms with Gasteiger partial charge in [-0.1, -0.05) is 0 Å². The van der Waals surface area contributed by atoms with Crippen LogP contribution in [0.3, 0.4) is 0 Å². The summed E-state index contributed by atoms with van der Waals surface area (Å²) in [5.41, 5.74) is 2.35. The molecule has 0 unspecified atom stereocenters. The molecule has 0 saturated carbocycles. The molecule has 40 valence electrons. The van der Waals surface area contributed by atoms with Gasteiger partial charge in [0.1, 0.15) is 0 Å². The molecule has 1 N–H and O–H groups in total. The van der Waals surface area contributed by atoms with Crippen molar-refractivity contribution < 1.29 is 9.63 Å². The van der Waals surface area contributed by atoms with Crippen molar-refractivity contribution in [2.24, 2.45) is 0 Å². The molecule has 0 aromatic rings. The average Bonchev–Trinajstić information content (AvgIpc) is 1.91. The van der Waals surface area contributed by atoms with Crippen LogP contribution in [0, 0.1) is 0 Å². The number of likely N-dealkylation sites (N-methyl/N-ethyl adjacent to an activating group) is 1. The van der Waals surface area contributed by atoms with Gasteiger partial charge in [0.25, 0.3) is 5.91 Å². The van der Waals surface area contributed by atoms with E-state index >= 15 is 0 Å². The quantitative estimate of drug-likeness (QED) is 0.422. The number of hydrogen-bond donors (Lipinski definition) is 1. The first kappa shape index (κ1) is 4.55. The maximum atomic E-state index is 10.3. The molecule has 4 nitrogen and oxygen atoms in total. The van der Waals surface area contributed by atoms with Crippen molar-refractivity contribution in [1.29, 1.82) is 0 Å². The smallest absolute Gasteiger partial charge is 0.266 e. The molecule has 1 heterocycles. The zero-order valence-corrected chi connectivity index (χ0v) is 3.97. The van der Waals surface area contributed by atoms with Crippen molar-refractivity contribution >= 4 is 5.91 Å². The van der Waals surface area contributed by atoms with E-state index in [4.69, 9.17) is 0 Å². The average molecular weight is 102 g/mol. The fourth-order valence-electron chi connectivity index (χ4n) is 0.339. The molecule has 1 aliphatic heterocycles. The summed E-state index contributed by atoms with van der Waals surface area (Å²) in [7, 11) is 1.61. The van der Waals surface area contributed by atoms with Crippen molar-refractivity contribution in [2.45, 2.75) is 0 Å². The predicted molar refractivity (Wildman–Crippen MR) is 21.9 cm³/mol. The minimum atomic E-state index is -0.0417. The Morgan fingerprint density at radius 1 is 2.00 bits per heavy atom. The molecule has 0 aromatic carbocycles.